The molecule has 4 aromatic rings. The van der Waals surface area contributed by atoms with Crippen molar-refractivity contribution in [3.05, 3.63) is 78.8 Å². The Morgan fingerprint density at radius 2 is 1.92 bits per heavy atom. The number of aromatic amines is 1. The molecule has 7 nitrogen and oxygen atoms in total. The van der Waals surface area contributed by atoms with E-state index < -0.39 is 0 Å². The number of nitrogens with zero attached hydrogens (tertiary/aromatic N) is 3. The molecule has 0 saturated carbocycles. The summed E-state index contributed by atoms with van der Waals surface area (Å²) in [6, 6.07) is 17.2. The summed E-state index contributed by atoms with van der Waals surface area (Å²) >= 11 is 0. The number of nitrogens with one attached hydrogen (secondary N) is 2. The molecular formula is C19H17N5O2. The molecule has 0 aliphatic carbocycles. The molecule has 2 N–H and O–H groups in total. The van der Waals surface area contributed by atoms with Gasteiger partial charge in [0.05, 0.1) is 18.7 Å². The van der Waals surface area contributed by atoms with Crippen LogP contribution in [0.4, 0.5) is 5.95 Å². The van der Waals surface area contributed by atoms with Crippen LogP contribution in [-0.2, 0) is 4.79 Å². The fraction of sp³-hybridized carbons (Fsp3) is 0.105. The normalized spacial score (nSPS) is 12.0. The Balaban J connectivity index is 1.49. The Morgan fingerprint density at radius 3 is 2.65 bits per heavy atom. The van der Waals surface area contributed by atoms with Gasteiger partial charge < -0.3 is 8.98 Å². The van der Waals surface area contributed by atoms with E-state index >= 15 is 0 Å². The van der Waals surface area contributed by atoms with Crippen molar-refractivity contribution in [3.63, 3.8) is 0 Å². The van der Waals surface area contributed by atoms with Gasteiger partial charge in [0.15, 0.2) is 11.6 Å². The predicted octanol–water partition coefficient (Wildman–Crippen LogP) is 3.48. The molecule has 7 heteroatoms. The van der Waals surface area contributed by atoms with Crippen molar-refractivity contribution in [1.82, 2.24) is 19.7 Å². The van der Waals surface area contributed by atoms with Gasteiger partial charge in [-0.1, -0.05) is 30.3 Å². The fourth-order valence-corrected chi connectivity index (χ4v) is 2.82. The summed E-state index contributed by atoms with van der Waals surface area (Å²) in [5.41, 5.74) is 1.06. The van der Waals surface area contributed by atoms with E-state index in [1.165, 1.54) is 0 Å². The molecular weight excluding hydrogens is 330 g/mol. The average Bonchev–Trinajstić information content (AvgIpc) is 3.41. The van der Waals surface area contributed by atoms with Gasteiger partial charge in [0.1, 0.15) is 0 Å². The highest BCUT2D eigenvalue weighted by atomic mass is 16.3. The molecule has 3 aromatic heterocycles. The Bertz CT molecular complexity index is 959. The molecule has 1 aromatic carbocycles. The molecule has 0 saturated heterocycles. The maximum atomic E-state index is 12.5. The number of hydrogen-bond donors (Lipinski definition) is 2. The third-order valence-corrected chi connectivity index (χ3v) is 4.04. The molecule has 0 fully saturated rings. The van der Waals surface area contributed by atoms with Crippen LogP contribution in [0.2, 0.25) is 0 Å². The first-order chi connectivity index (χ1) is 12.8. The number of H-pyrrole nitrogens is 1. The maximum absolute atomic E-state index is 12.5. The topological polar surface area (TPSA) is 88.7 Å². The Morgan fingerprint density at radius 1 is 1.12 bits per heavy atom. The number of carbonyl (C=O) groups excluding carboxylic acids is 1. The van der Waals surface area contributed by atoms with Gasteiger partial charge in [0.25, 0.3) is 0 Å². The van der Waals surface area contributed by atoms with E-state index in [0.717, 1.165) is 5.56 Å². The molecule has 4 rings (SSSR count). The number of anilines is 1. The van der Waals surface area contributed by atoms with Gasteiger partial charge in [-0.05, 0) is 29.8 Å². The van der Waals surface area contributed by atoms with E-state index in [0.29, 0.717) is 11.6 Å². The zero-order valence-electron chi connectivity index (χ0n) is 13.9. The van der Waals surface area contributed by atoms with Crippen molar-refractivity contribution in [3.8, 4) is 11.6 Å². The quantitative estimate of drug-likeness (QED) is 0.559. The number of aromatic nitrogens is 4. The molecule has 0 aliphatic heterocycles. The van der Waals surface area contributed by atoms with Gasteiger partial charge in [0.2, 0.25) is 11.9 Å². The second kappa shape index (κ2) is 7.10. The summed E-state index contributed by atoms with van der Waals surface area (Å²) in [4.78, 5) is 16.8. The number of hydrogen-bond acceptors (Lipinski definition) is 4. The number of carbonyl (C=O) groups is 1. The van der Waals surface area contributed by atoms with Gasteiger partial charge in [-0.2, -0.15) is 4.98 Å². The average molecular weight is 347 g/mol. The summed E-state index contributed by atoms with van der Waals surface area (Å²) in [6.45, 7) is 0. The lowest BCUT2D eigenvalue weighted by molar-refractivity contribution is -0.116. The van der Waals surface area contributed by atoms with Crippen molar-refractivity contribution in [1.29, 1.82) is 0 Å². The maximum Gasteiger partial charge on any atom is 0.249 e. The van der Waals surface area contributed by atoms with Crippen LogP contribution in [0.15, 0.2) is 77.7 Å². The minimum atomic E-state index is -0.169. The van der Waals surface area contributed by atoms with Crippen LogP contribution >= 0.6 is 0 Å². The lowest BCUT2D eigenvalue weighted by Gasteiger charge is -2.18. The predicted molar refractivity (Wildman–Crippen MR) is 96.3 cm³/mol. The second-order valence-corrected chi connectivity index (χ2v) is 5.79. The smallest absolute Gasteiger partial charge is 0.249 e. The molecule has 26 heavy (non-hydrogen) atoms. The zero-order valence-corrected chi connectivity index (χ0v) is 13.9. The van der Waals surface area contributed by atoms with Crippen molar-refractivity contribution in [2.75, 3.05) is 5.32 Å². The molecule has 0 radical (unpaired) electrons. The molecule has 3 heterocycles. The summed E-state index contributed by atoms with van der Waals surface area (Å²) < 4.78 is 7.27. The van der Waals surface area contributed by atoms with E-state index in [1.807, 2.05) is 59.4 Å². The summed E-state index contributed by atoms with van der Waals surface area (Å²) in [5.74, 6) is 1.08. The Hall–Kier alpha value is -3.61. The minimum Gasteiger partial charge on any atom is -0.461 e. The van der Waals surface area contributed by atoms with Crippen molar-refractivity contribution in [2.45, 2.75) is 12.5 Å². The number of furan rings is 1. The van der Waals surface area contributed by atoms with E-state index in [1.54, 1.807) is 18.4 Å². The summed E-state index contributed by atoms with van der Waals surface area (Å²) in [7, 11) is 0. The van der Waals surface area contributed by atoms with Crippen LogP contribution in [0.1, 0.15) is 18.0 Å². The monoisotopic (exact) mass is 347 g/mol. The lowest BCUT2D eigenvalue weighted by Crippen LogP contribution is -2.20. The molecule has 1 atom stereocenters. The van der Waals surface area contributed by atoms with E-state index in [-0.39, 0.29) is 24.3 Å². The van der Waals surface area contributed by atoms with Gasteiger partial charge in [0, 0.05) is 12.4 Å². The summed E-state index contributed by atoms with van der Waals surface area (Å²) in [6.07, 6.45) is 5.72. The van der Waals surface area contributed by atoms with Crippen LogP contribution in [0.25, 0.3) is 11.6 Å². The standard InChI is InChI=1S/C19H17N5O2/c25-17(20-19-21-18(22-23-19)16-9-6-12-26-16)13-15(24-10-4-5-11-24)14-7-2-1-3-8-14/h1-12,15H,13H2,(H2,20,21,22,23,25)/t15-/m0/s1. The van der Waals surface area contributed by atoms with Gasteiger partial charge >= 0.3 is 0 Å². The van der Waals surface area contributed by atoms with E-state index in [9.17, 15) is 4.79 Å². The highest BCUT2D eigenvalue weighted by Gasteiger charge is 2.18. The van der Waals surface area contributed by atoms with Crippen molar-refractivity contribution < 1.29 is 9.21 Å². The van der Waals surface area contributed by atoms with Gasteiger partial charge in [-0.3, -0.25) is 15.2 Å². The van der Waals surface area contributed by atoms with E-state index in [4.69, 9.17) is 4.42 Å². The number of benzene rings is 1. The molecule has 0 unspecified atom stereocenters. The first-order valence-corrected chi connectivity index (χ1v) is 8.23. The highest BCUT2D eigenvalue weighted by Crippen LogP contribution is 2.23. The number of amides is 1. The zero-order chi connectivity index (χ0) is 17.8. The third-order valence-electron chi connectivity index (χ3n) is 4.04. The van der Waals surface area contributed by atoms with Gasteiger partial charge in [-0.25, -0.2) is 0 Å². The lowest BCUT2D eigenvalue weighted by atomic mass is 10.0. The Labute approximate surface area is 149 Å². The largest absolute Gasteiger partial charge is 0.461 e. The molecule has 130 valence electrons. The first-order valence-electron chi connectivity index (χ1n) is 8.23. The van der Waals surface area contributed by atoms with Crippen LogP contribution < -0.4 is 5.32 Å². The second-order valence-electron chi connectivity index (χ2n) is 5.79. The minimum absolute atomic E-state index is 0.102. The number of rotatable bonds is 6. The molecule has 0 bridgehead atoms. The van der Waals surface area contributed by atoms with Crippen LogP contribution in [0.5, 0.6) is 0 Å². The SMILES string of the molecule is O=C(C[C@@H](c1ccccc1)n1cccc1)Nc1n[nH]c(-c2ccco2)n1. The molecule has 1 amide bonds. The molecule has 0 spiro atoms. The summed E-state index contributed by atoms with van der Waals surface area (Å²) in [5, 5.41) is 9.51. The van der Waals surface area contributed by atoms with Crippen molar-refractivity contribution >= 4 is 11.9 Å². The van der Waals surface area contributed by atoms with Crippen LogP contribution in [0.3, 0.4) is 0 Å². The fourth-order valence-electron chi connectivity index (χ4n) is 2.82. The van der Waals surface area contributed by atoms with Gasteiger partial charge in [-0.15, -0.1) is 5.10 Å². The Kier molecular flexibility index (Phi) is 4.34. The third kappa shape index (κ3) is 3.41. The van der Waals surface area contributed by atoms with E-state index in [2.05, 4.69) is 20.5 Å². The van der Waals surface area contributed by atoms with Crippen LogP contribution in [-0.4, -0.2) is 25.7 Å². The van der Waals surface area contributed by atoms with Crippen LogP contribution in [0, 0.1) is 0 Å². The van der Waals surface area contributed by atoms with Crippen molar-refractivity contribution in [2.24, 2.45) is 0 Å². The molecule has 0 aliphatic rings. The first kappa shape index (κ1) is 15.9. The highest BCUT2D eigenvalue weighted by molar-refractivity contribution is 5.89.